The van der Waals surface area contributed by atoms with E-state index in [1.54, 1.807) is 19.1 Å². The Kier molecular flexibility index (Phi) is 9.16. The second-order valence-electron chi connectivity index (χ2n) is 8.03. The maximum absolute atomic E-state index is 12.6. The van der Waals surface area contributed by atoms with Crippen molar-refractivity contribution in [1.29, 1.82) is 0 Å². The maximum Gasteiger partial charge on any atom is 0.334 e. The number of rotatable bonds is 6. The molecule has 1 aliphatic carbocycles. The zero-order valence-electron chi connectivity index (χ0n) is 19.3. The van der Waals surface area contributed by atoms with E-state index in [0.29, 0.717) is 11.1 Å². The van der Waals surface area contributed by atoms with Crippen LogP contribution in [0.15, 0.2) is 47.1 Å². The zero-order chi connectivity index (χ0) is 24.7. The molecule has 4 atom stereocenters. The highest BCUT2D eigenvalue weighted by Gasteiger charge is 2.45. The van der Waals surface area contributed by atoms with Crippen LogP contribution < -0.4 is 0 Å². The Morgan fingerprint density at radius 2 is 1.91 bits per heavy atom. The van der Waals surface area contributed by atoms with E-state index < -0.39 is 48.1 Å². The number of ether oxygens (including phenoxy) is 4. The third-order valence-corrected chi connectivity index (χ3v) is 5.43. The number of carbonyl (C=O) groups excluding carboxylic acids is 4. The molecule has 0 saturated carbocycles. The summed E-state index contributed by atoms with van der Waals surface area (Å²) < 4.78 is 21.8. The summed E-state index contributed by atoms with van der Waals surface area (Å²) in [5.41, 5.74) is 1.61. The lowest BCUT2D eigenvalue weighted by molar-refractivity contribution is -0.148. The van der Waals surface area contributed by atoms with Gasteiger partial charge in [-0.15, -0.1) is 0 Å². The van der Waals surface area contributed by atoms with Crippen LogP contribution in [0.4, 0.5) is 0 Å². The Morgan fingerprint density at radius 1 is 1.21 bits per heavy atom. The van der Waals surface area contributed by atoms with Crippen molar-refractivity contribution in [2.24, 2.45) is 5.92 Å². The molecule has 0 unspecified atom stereocenters. The first kappa shape index (κ1) is 26.1. The normalized spacial score (nSPS) is 28.9. The van der Waals surface area contributed by atoms with E-state index >= 15 is 0 Å². The van der Waals surface area contributed by atoms with Gasteiger partial charge in [-0.2, -0.15) is 0 Å². The van der Waals surface area contributed by atoms with Crippen LogP contribution in [0.3, 0.4) is 0 Å². The lowest BCUT2D eigenvalue weighted by Crippen LogP contribution is -2.35. The minimum absolute atomic E-state index is 0.0664. The largest absolute Gasteiger partial charge is 0.461 e. The first-order chi connectivity index (χ1) is 15.5. The van der Waals surface area contributed by atoms with Crippen molar-refractivity contribution in [2.45, 2.75) is 58.8 Å². The van der Waals surface area contributed by atoms with Crippen molar-refractivity contribution in [3.05, 3.63) is 47.1 Å². The molecular formula is C24H30O9. The lowest BCUT2D eigenvalue weighted by atomic mass is 9.85. The van der Waals surface area contributed by atoms with Crippen molar-refractivity contribution in [2.75, 3.05) is 13.2 Å². The van der Waals surface area contributed by atoms with Crippen LogP contribution in [0, 0.1) is 5.92 Å². The summed E-state index contributed by atoms with van der Waals surface area (Å²) in [6, 6.07) is 0. The van der Waals surface area contributed by atoms with Gasteiger partial charge < -0.3 is 24.1 Å². The molecule has 0 amide bonds. The molecule has 1 N–H and O–H groups in total. The minimum atomic E-state index is -0.861. The maximum atomic E-state index is 12.6. The smallest absolute Gasteiger partial charge is 0.334 e. The first-order valence-electron chi connectivity index (χ1n) is 10.6. The topological polar surface area (TPSA) is 125 Å². The summed E-state index contributed by atoms with van der Waals surface area (Å²) in [6.45, 7) is 9.26. The van der Waals surface area contributed by atoms with Gasteiger partial charge in [0.2, 0.25) is 0 Å². The molecular weight excluding hydrogens is 432 g/mol. The van der Waals surface area contributed by atoms with E-state index in [0.717, 1.165) is 0 Å². The number of aliphatic hydroxyl groups excluding tert-OH is 1. The number of aliphatic hydroxyl groups is 1. The molecule has 0 spiro atoms. The first-order valence-corrected chi connectivity index (χ1v) is 10.6. The Morgan fingerprint density at radius 3 is 2.52 bits per heavy atom. The van der Waals surface area contributed by atoms with Crippen molar-refractivity contribution >= 4 is 23.9 Å². The monoisotopic (exact) mass is 462 g/mol. The minimum Gasteiger partial charge on any atom is -0.461 e. The van der Waals surface area contributed by atoms with Gasteiger partial charge in [0.1, 0.15) is 24.9 Å². The average molecular weight is 462 g/mol. The number of hydrogen-bond acceptors (Lipinski definition) is 9. The van der Waals surface area contributed by atoms with Gasteiger partial charge in [0, 0.05) is 37.8 Å². The molecule has 9 nitrogen and oxygen atoms in total. The fraction of sp³-hybridized carbons (Fsp3) is 0.500. The molecule has 9 heteroatoms. The quantitative estimate of drug-likeness (QED) is 0.273. The number of esters is 4. The van der Waals surface area contributed by atoms with Crippen LogP contribution in [0.5, 0.6) is 0 Å². The zero-order valence-corrected chi connectivity index (χ0v) is 19.3. The summed E-state index contributed by atoms with van der Waals surface area (Å²) in [4.78, 5) is 48.0. The third kappa shape index (κ3) is 7.15. The Labute approximate surface area is 192 Å². The van der Waals surface area contributed by atoms with Crippen molar-refractivity contribution in [1.82, 2.24) is 0 Å². The van der Waals surface area contributed by atoms with E-state index in [1.807, 2.05) is 0 Å². The molecule has 1 aliphatic heterocycles. The van der Waals surface area contributed by atoms with Crippen LogP contribution in [0.25, 0.3) is 0 Å². The molecule has 0 aromatic carbocycles. The van der Waals surface area contributed by atoms with E-state index in [-0.39, 0.29) is 37.2 Å². The molecule has 2 rings (SSSR count). The summed E-state index contributed by atoms with van der Waals surface area (Å²) in [5, 5.41) is 9.09. The van der Waals surface area contributed by atoms with Gasteiger partial charge in [-0.1, -0.05) is 12.7 Å². The lowest BCUT2D eigenvalue weighted by Gasteiger charge is -2.29. The highest BCUT2D eigenvalue weighted by atomic mass is 16.6. The second kappa shape index (κ2) is 11.6. The summed E-state index contributed by atoms with van der Waals surface area (Å²) in [7, 11) is 0. The second-order valence-corrected chi connectivity index (χ2v) is 8.03. The van der Waals surface area contributed by atoms with E-state index in [2.05, 4.69) is 6.58 Å². The average Bonchev–Trinajstić information content (AvgIpc) is 3.00. The van der Waals surface area contributed by atoms with Crippen LogP contribution in [-0.2, 0) is 38.1 Å². The van der Waals surface area contributed by atoms with Gasteiger partial charge in [0.05, 0.1) is 12.5 Å². The molecule has 0 aromatic rings. The standard InChI is InChI=1S/C24H30O9/c1-13(8-9-25)23(28)32-21-11-18(12-30-16(4)26)6-7-19(31-17(5)27)14(2)10-20-22(21)15(3)24(29)33-20/h6,8,10,19-22,25H,3,7,9,11-12H2,1-2,4-5H3/b13-8+,14-10+,18-6+/t19-,20+,21+,22-/m0/s1. The van der Waals surface area contributed by atoms with E-state index in [9.17, 15) is 19.2 Å². The van der Waals surface area contributed by atoms with Gasteiger partial charge in [-0.25, -0.2) is 9.59 Å². The van der Waals surface area contributed by atoms with E-state index in [1.165, 1.54) is 26.8 Å². The highest BCUT2D eigenvalue weighted by molar-refractivity contribution is 5.92. The molecule has 1 heterocycles. The molecule has 33 heavy (non-hydrogen) atoms. The Hall–Kier alpha value is -3.20. The Bertz CT molecular complexity index is 909. The molecule has 0 aromatic heterocycles. The summed E-state index contributed by atoms with van der Waals surface area (Å²) in [6.07, 6.45) is 2.90. The number of carbonyl (C=O) groups is 4. The predicted molar refractivity (Wildman–Crippen MR) is 116 cm³/mol. The van der Waals surface area contributed by atoms with E-state index in [4.69, 9.17) is 24.1 Å². The number of fused-ring (bicyclic) bond motifs is 1. The van der Waals surface area contributed by atoms with Gasteiger partial charge in [0.25, 0.3) is 0 Å². The Balaban J connectivity index is 2.50. The fourth-order valence-electron chi connectivity index (χ4n) is 3.69. The summed E-state index contributed by atoms with van der Waals surface area (Å²) >= 11 is 0. The van der Waals surface area contributed by atoms with Crippen molar-refractivity contribution in [3.8, 4) is 0 Å². The van der Waals surface area contributed by atoms with Gasteiger partial charge in [-0.3, -0.25) is 9.59 Å². The van der Waals surface area contributed by atoms with Crippen LogP contribution in [0.1, 0.15) is 40.5 Å². The van der Waals surface area contributed by atoms with Gasteiger partial charge >= 0.3 is 23.9 Å². The van der Waals surface area contributed by atoms with Crippen LogP contribution >= 0.6 is 0 Å². The molecule has 0 radical (unpaired) electrons. The van der Waals surface area contributed by atoms with Gasteiger partial charge in [0.15, 0.2) is 0 Å². The molecule has 2 aliphatic rings. The van der Waals surface area contributed by atoms with Gasteiger partial charge in [-0.05, 0) is 37.1 Å². The molecule has 0 bridgehead atoms. The highest BCUT2D eigenvalue weighted by Crippen LogP contribution is 2.37. The van der Waals surface area contributed by atoms with Crippen LogP contribution in [-0.4, -0.2) is 60.5 Å². The fourth-order valence-corrected chi connectivity index (χ4v) is 3.69. The molecule has 180 valence electrons. The van der Waals surface area contributed by atoms with Crippen molar-refractivity contribution in [3.63, 3.8) is 0 Å². The SMILES string of the molecule is C=C1C(=O)O[C@@H]2/C=C(\C)[C@@H](OC(C)=O)C/C=C(/COC(C)=O)C[C@@H](OC(=O)/C(C)=C/CO)[C@@H]12. The third-order valence-electron chi connectivity index (χ3n) is 5.43. The number of hydrogen-bond donors (Lipinski definition) is 1. The molecule has 1 saturated heterocycles. The summed E-state index contributed by atoms with van der Waals surface area (Å²) in [5.74, 6) is -2.95. The van der Waals surface area contributed by atoms with Crippen molar-refractivity contribution < 1.29 is 43.2 Å². The predicted octanol–water partition coefficient (Wildman–Crippen LogP) is 2.10. The van der Waals surface area contributed by atoms with Crippen LogP contribution in [0.2, 0.25) is 0 Å². The molecule has 1 fully saturated rings.